The molecule has 1 atom stereocenters. The van der Waals surface area contributed by atoms with Gasteiger partial charge < -0.3 is 19.5 Å². The van der Waals surface area contributed by atoms with Gasteiger partial charge in [-0.1, -0.05) is 61.0 Å². The van der Waals surface area contributed by atoms with Gasteiger partial charge in [0.15, 0.2) is 11.5 Å². The van der Waals surface area contributed by atoms with Crippen molar-refractivity contribution in [1.29, 1.82) is 0 Å². The molecule has 1 unspecified atom stereocenters. The second-order valence-electron chi connectivity index (χ2n) is 8.67. The third-order valence-corrected chi connectivity index (χ3v) is 7.24. The number of ether oxygens (including phenoxy) is 3. The first-order valence-electron chi connectivity index (χ1n) is 12.8. The van der Waals surface area contributed by atoms with E-state index in [1.165, 1.54) is 11.8 Å². The summed E-state index contributed by atoms with van der Waals surface area (Å²) in [6.45, 7) is 9.04. The molecule has 1 aliphatic rings. The second-order valence-corrected chi connectivity index (χ2v) is 10.0. The molecule has 2 aromatic carbocycles. The smallest absolute Gasteiger partial charge is 0.338 e. The van der Waals surface area contributed by atoms with Crippen molar-refractivity contribution in [2.75, 3.05) is 25.1 Å². The maximum absolute atomic E-state index is 13.2. The Hall–Kier alpha value is -3.17. The Kier molecular flexibility index (Phi) is 9.58. The lowest BCUT2D eigenvalue weighted by Gasteiger charge is -2.28. The molecular formula is C28H33ClN4O4S. The fraction of sp³-hybridized carbons (Fsp3) is 0.393. The Labute approximate surface area is 232 Å². The van der Waals surface area contributed by atoms with Crippen LogP contribution in [0.3, 0.4) is 0 Å². The topological polar surface area (TPSA) is 87.5 Å². The van der Waals surface area contributed by atoms with Crippen molar-refractivity contribution >= 4 is 35.3 Å². The predicted octanol–water partition coefficient (Wildman–Crippen LogP) is 6.65. The van der Waals surface area contributed by atoms with Crippen LogP contribution in [0.2, 0.25) is 5.02 Å². The Morgan fingerprint density at radius 2 is 1.92 bits per heavy atom. The van der Waals surface area contributed by atoms with E-state index >= 15 is 0 Å². The number of carbonyl (C=O) groups excluding carboxylic acids is 1. The summed E-state index contributed by atoms with van der Waals surface area (Å²) in [7, 11) is 0. The second kappa shape index (κ2) is 13.1. The number of benzene rings is 2. The number of anilines is 1. The molecule has 0 amide bonds. The van der Waals surface area contributed by atoms with Gasteiger partial charge in [-0.15, -0.1) is 5.10 Å². The fourth-order valence-electron chi connectivity index (χ4n) is 4.14. The van der Waals surface area contributed by atoms with Gasteiger partial charge >= 0.3 is 5.97 Å². The summed E-state index contributed by atoms with van der Waals surface area (Å²) in [5.41, 5.74) is 2.94. The molecule has 202 valence electrons. The van der Waals surface area contributed by atoms with Crippen molar-refractivity contribution in [3.05, 3.63) is 69.9 Å². The van der Waals surface area contributed by atoms with Crippen LogP contribution in [-0.2, 0) is 15.3 Å². The zero-order chi connectivity index (χ0) is 27.1. The number of fused-ring (bicyclic) bond motifs is 1. The summed E-state index contributed by atoms with van der Waals surface area (Å²) in [6, 6.07) is 12.9. The summed E-state index contributed by atoms with van der Waals surface area (Å²) in [5.74, 6) is 2.05. The largest absolute Gasteiger partial charge is 0.490 e. The normalized spacial score (nSPS) is 14.6. The van der Waals surface area contributed by atoms with Crippen LogP contribution in [0.5, 0.6) is 11.5 Å². The SMILES string of the molecule is CCCCOc1ccc(C2C(C(=O)OCC)=C(C)Nc3nc(SCc4ccccc4Cl)nn32)cc1OCC. The molecule has 3 aromatic rings. The Bertz CT molecular complexity index is 1310. The zero-order valence-electron chi connectivity index (χ0n) is 22.1. The molecule has 1 aromatic heterocycles. The number of unbranched alkanes of at least 4 members (excludes halogenated alkanes) is 1. The first-order chi connectivity index (χ1) is 18.5. The monoisotopic (exact) mass is 556 g/mol. The summed E-state index contributed by atoms with van der Waals surface area (Å²) in [5, 5.41) is 9.30. The minimum Gasteiger partial charge on any atom is -0.490 e. The first kappa shape index (κ1) is 27.9. The number of esters is 1. The molecule has 8 nitrogen and oxygen atoms in total. The van der Waals surface area contributed by atoms with Crippen LogP contribution in [0.15, 0.2) is 58.9 Å². The minimum absolute atomic E-state index is 0.264. The van der Waals surface area contributed by atoms with Gasteiger partial charge in [-0.25, -0.2) is 9.48 Å². The van der Waals surface area contributed by atoms with Gasteiger partial charge in [-0.2, -0.15) is 4.98 Å². The average Bonchev–Trinajstić information content (AvgIpc) is 3.31. The number of halogens is 1. The van der Waals surface area contributed by atoms with Crippen molar-refractivity contribution in [2.45, 2.75) is 57.5 Å². The maximum atomic E-state index is 13.2. The van der Waals surface area contributed by atoms with E-state index in [0.717, 1.165) is 24.0 Å². The number of aromatic nitrogens is 3. The summed E-state index contributed by atoms with van der Waals surface area (Å²) < 4.78 is 19.1. The zero-order valence-corrected chi connectivity index (χ0v) is 23.7. The predicted molar refractivity (Wildman–Crippen MR) is 150 cm³/mol. The Morgan fingerprint density at radius 1 is 1.11 bits per heavy atom. The molecule has 1 N–H and O–H groups in total. The van der Waals surface area contributed by atoms with E-state index in [0.29, 0.717) is 57.9 Å². The molecule has 0 bridgehead atoms. The van der Waals surface area contributed by atoms with Crippen molar-refractivity contribution in [1.82, 2.24) is 14.8 Å². The Morgan fingerprint density at radius 3 is 2.66 bits per heavy atom. The molecule has 2 heterocycles. The minimum atomic E-state index is -0.559. The van der Waals surface area contributed by atoms with Gasteiger partial charge in [0.1, 0.15) is 6.04 Å². The van der Waals surface area contributed by atoms with E-state index in [-0.39, 0.29) is 6.61 Å². The molecule has 0 radical (unpaired) electrons. The third-order valence-electron chi connectivity index (χ3n) is 5.98. The highest BCUT2D eigenvalue weighted by Crippen LogP contribution is 2.40. The fourth-order valence-corrected chi connectivity index (χ4v) is 5.26. The highest BCUT2D eigenvalue weighted by atomic mass is 35.5. The number of nitrogens with one attached hydrogen (secondary N) is 1. The van der Waals surface area contributed by atoms with Gasteiger partial charge in [0, 0.05) is 16.5 Å². The number of thioether (sulfide) groups is 1. The van der Waals surface area contributed by atoms with Gasteiger partial charge in [0.2, 0.25) is 11.1 Å². The lowest BCUT2D eigenvalue weighted by Crippen LogP contribution is -2.29. The van der Waals surface area contributed by atoms with Crippen LogP contribution in [0.1, 0.15) is 57.7 Å². The molecule has 38 heavy (non-hydrogen) atoms. The number of hydrogen-bond acceptors (Lipinski definition) is 8. The van der Waals surface area contributed by atoms with Crippen LogP contribution in [-0.4, -0.2) is 40.6 Å². The van der Waals surface area contributed by atoms with E-state index in [2.05, 4.69) is 12.2 Å². The summed E-state index contributed by atoms with van der Waals surface area (Å²) in [4.78, 5) is 17.9. The molecule has 0 aliphatic carbocycles. The molecule has 1 aliphatic heterocycles. The van der Waals surface area contributed by atoms with Crippen molar-refractivity contribution in [2.24, 2.45) is 0 Å². The quantitative estimate of drug-likeness (QED) is 0.151. The average molecular weight is 557 g/mol. The van der Waals surface area contributed by atoms with Crippen molar-refractivity contribution in [3.8, 4) is 11.5 Å². The van der Waals surface area contributed by atoms with E-state index in [4.69, 9.17) is 35.9 Å². The van der Waals surface area contributed by atoms with Crippen LogP contribution in [0.25, 0.3) is 0 Å². The third kappa shape index (κ3) is 6.27. The highest BCUT2D eigenvalue weighted by Gasteiger charge is 2.35. The Balaban J connectivity index is 1.72. The van der Waals surface area contributed by atoms with E-state index in [1.807, 2.05) is 56.3 Å². The van der Waals surface area contributed by atoms with Gasteiger partial charge in [0.05, 0.1) is 25.4 Å². The van der Waals surface area contributed by atoms with Gasteiger partial charge in [-0.05, 0) is 56.5 Å². The van der Waals surface area contributed by atoms with Gasteiger partial charge in [0.25, 0.3) is 0 Å². The van der Waals surface area contributed by atoms with Crippen molar-refractivity contribution in [3.63, 3.8) is 0 Å². The summed E-state index contributed by atoms with van der Waals surface area (Å²) >= 11 is 7.82. The van der Waals surface area contributed by atoms with Gasteiger partial charge in [-0.3, -0.25) is 0 Å². The number of nitrogens with zero attached hydrogens (tertiary/aromatic N) is 3. The summed E-state index contributed by atoms with van der Waals surface area (Å²) in [6.07, 6.45) is 1.99. The van der Waals surface area contributed by atoms with Crippen molar-refractivity contribution < 1.29 is 19.0 Å². The van der Waals surface area contributed by atoms with Crippen LogP contribution >= 0.6 is 23.4 Å². The first-order valence-corrected chi connectivity index (χ1v) is 14.2. The highest BCUT2D eigenvalue weighted by molar-refractivity contribution is 7.98. The molecule has 10 heteroatoms. The lowest BCUT2D eigenvalue weighted by atomic mass is 9.95. The maximum Gasteiger partial charge on any atom is 0.338 e. The molecule has 0 spiro atoms. The number of carbonyl (C=O) groups is 1. The molecule has 0 saturated heterocycles. The number of hydrogen-bond donors (Lipinski definition) is 1. The lowest BCUT2D eigenvalue weighted by molar-refractivity contribution is -0.139. The van der Waals surface area contributed by atoms with Crippen LogP contribution in [0.4, 0.5) is 5.95 Å². The van der Waals surface area contributed by atoms with E-state index in [1.54, 1.807) is 11.6 Å². The molecular weight excluding hydrogens is 524 g/mol. The number of rotatable bonds is 12. The molecule has 4 rings (SSSR count). The molecule has 0 fully saturated rings. The molecule has 0 saturated carbocycles. The van der Waals surface area contributed by atoms with E-state index in [9.17, 15) is 4.79 Å². The van der Waals surface area contributed by atoms with Crippen LogP contribution < -0.4 is 14.8 Å². The standard InChI is InChI=1S/C28H33ClN4O4S/c1-5-8-15-37-22-14-13-19(16-23(22)35-6-2)25-24(26(34)36-7-3)18(4)30-27-31-28(32-33(25)27)38-17-20-11-9-10-12-21(20)29/h9-14,16,25H,5-8,15,17H2,1-4H3,(H,30,31,32). The van der Waals surface area contributed by atoms with E-state index < -0.39 is 12.0 Å². The van der Waals surface area contributed by atoms with Crippen LogP contribution in [0, 0.1) is 0 Å². The number of allylic oxidation sites excluding steroid dienone is 1.